The summed E-state index contributed by atoms with van der Waals surface area (Å²) >= 11 is 8.51. The number of halogens is 1. The van der Waals surface area contributed by atoms with Gasteiger partial charge in [-0.15, -0.1) is 22.7 Å². The number of benzene rings is 1. The van der Waals surface area contributed by atoms with E-state index in [0.717, 1.165) is 32.0 Å². The van der Waals surface area contributed by atoms with Gasteiger partial charge in [0, 0.05) is 61.2 Å². The second-order valence-corrected chi connectivity index (χ2v) is 14.3. The standard InChI is InChI=1S/C24H27ClN4O5S3/c1-27(2)21(31)11-16-13-28(37(33,34)22-9-14-3-4-15(25)10-19(14)35-22)7-8-29(16)24(32)23-26-18-6-5-17(30)12-20(18)36-23/h3-4,9-10,16-17,30H,5-8,11-13H2,1-2H3. The number of aromatic nitrogens is 1. The van der Waals surface area contributed by atoms with Gasteiger partial charge >= 0.3 is 0 Å². The zero-order valence-electron chi connectivity index (χ0n) is 20.4. The summed E-state index contributed by atoms with van der Waals surface area (Å²) < 4.78 is 29.5. The highest BCUT2D eigenvalue weighted by Crippen LogP contribution is 2.34. The second-order valence-electron chi connectivity index (χ2n) is 9.54. The molecular formula is C24H27ClN4O5S3. The molecule has 0 bridgehead atoms. The molecule has 2 aliphatic rings. The van der Waals surface area contributed by atoms with Crippen molar-refractivity contribution in [3.8, 4) is 0 Å². The Bertz CT molecular complexity index is 1470. The minimum Gasteiger partial charge on any atom is -0.393 e. The fourth-order valence-electron chi connectivity index (χ4n) is 4.68. The summed E-state index contributed by atoms with van der Waals surface area (Å²) in [6, 6.07) is 6.24. The van der Waals surface area contributed by atoms with E-state index in [-0.39, 0.29) is 42.1 Å². The number of thiazole rings is 1. The van der Waals surface area contributed by atoms with Crippen molar-refractivity contribution in [2.24, 2.45) is 0 Å². The van der Waals surface area contributed by atoms with Crippen LogP contribution >= 0.6 is 34.3 Å². The van der Waals surface area contributed by atoms with E-state index in [2.05, 4.69) is 4.98 Å². The Labute approximate surface area is 228 Å². The van der Waals surface area contributed by atoms with Gasteiger partial charge in [-0.1, -0.05) is 17.7 Å². The van der Waals surface area contributed by atoms with Gasteiger partial charge in [-0.3, -0.25) is 9.59 Å². The number of thiophene rings is 1. The average molecular weight is 583 g/mol. The highest BCUT2D eigenvalue weighted by Gasteiger charge is 2.39. The van der Waals surface area contributed by atoms with Crippen LogP contribution < -0.4 is 0 Å². The molecule has 2 aromatic heterocycles. The van der Waals surface area contributed by atoms with Crippen molar-refractivity contribution in [2.75, 3.05) is 33.7 Å². The molecule has 2 amide bonds. The van der Waals surface area contributed by atoms with E-state index >= 15 is 0 Å². The third-order valence-corrected chi connectivity index (χ3v) is 11.5. The number of fused-ring (bicyclic) bond motifs is 2. The fraction of sp³-hybridized carbons (Fsp3) is 0.458. The van der Waals surface area contributed by atoms with Crippen LogP contribution in [0.4, 0.5) is 0 Å². The Kier molecular flexibility index (Phi) is 7.33. The molecular weight excluding hydrogens is 556 g/mol. The molecule has 198 valence electrons. The molecule has 13 heteroatoms. The van der Waals surface area contributed by atoms with Crippen molar-refractivity contribution < 1.29 is 23.1 Å². The van der Waals surface area contributed by atoms with Crippen molar-refractivity contribution >= 4 is 66.2 Å². The predicted molar refractivity (Wildman–Crippen MR) is 144 cm³/mol. The second kappa shape index (κ2) is 10.2. The maximum absolute atomic E-state index is 13.6. The molecule has 2 atom stereocenters. The molecule has 2 unspecified atom stereocenters. The van der Waals surface area contributed by atoms with Crippen LogP contribution in [0.15, 0.2) is 28.5 Å². The third-order valence-electron chi connectivity index (χ3n) is 6.77. The van der Waals surface area contributed by atoms with Gasteiger partial charge in [-0.05, 0) is 36.4 Å². The molecule has 5 rings (SSSR count). The summed E-state index contributed by atoms with van der Waals surface area (Å²) in [6.45, 7) is 0.263. The maximum Gasteiger partial charge on any atom is 0.283 e. The van der Waals surface area contributed by atoms with Gasteiger partial charge in [-0.2, -0.15) is 4.31 Å². The summed E-state index contributed by atoms with van der Waals surface area (Å²) in [5.41, 5.74) is 0.839. The molecule has 0 spiro atoms. The highest BCUT2D eigenvalue weighted by molar-refractivity contribution is 7.91. The van der Waals surface area contributed by atoms with E-state index in [9.17, 15) is 23.1 Å². The number of amides is 2. The first-order valence-corrected chi connectivity index (χ1v) is 15.3. The number of nitrogens with zero attached hydrogens (tertiary/aromatic N) is 4. The third kappa shape index (κ3) is 5.27. The van der Waals surface area contributed by atoms with E-state index < -0.39 is 22.2 Å². The van der Waals surface area contributed by atoms with Crippen LogP contribution in [0, 0.1) is 0 Å². The van der Waals surface area contributed by atoms with Gasteiger partial charge in [0.1, 0.15) is 4.21 Å². The number of piperazine rings is 1. The number of carbonyl (C=O) groups excluding carboxylic acids is 2. The van der Waals surface area contributed by atoms with Crippen LogP contribution in [0.5, 0.6) is 0 Å². The molecule has 0 radical (unpaired) electrons. The van der Waals surface area contributed by atoms with Gasteiger partial charge in [-0.25, -0.2) is 13.4 Å². The van der Waals surface area contributed by atoms with Gasteiger partial charge in [0.2, 0.25) is 5.91 Å². The summed E-state index contributed by atoms with van der Waals surface area (Å²) in [7, 11) is -0.576. The number of hydrogen-bond donors (Lipinski definition) is 1. The topological polar surface area (TPSA) is 111 Å². The molecule has 1 saturated heterocycles. The maximum atomic E-state index is 13.6. The van der Waals surface area contributed by atoms with Crippen molar-refractivity contribution in [1.29, 1.82) is 0 Å². The largest absolute Gasteiger partial charge is 0.393 e. The molecule has 0 saturated carbocycles. The average Bonchev–Trinajstić information content (AvgIpc) is 3.47. The molecule has 1 aliphatic heterocycles. The summed E-state index contributed by atoms with van der Waals surface area (Å²) in [5.74, 6) is -0.501. The zero-order valence-corrected chi connectivity index (χ0v) is 23.6. The van der Waals surface area contributed by atoms with Crippen LogP contribution in [0.25, 0.3) is 10.1 Å². The van der Waals surface area contributed by atoms with E-state index in [4.69, 9.17) is 11.6 Å². The van der Waals surface area contributed by atoms with E-state index in [1.807, 2.05) is 0 Å². The lowest BCUT2D eigenvalue weighted by atomic mass is 10.0. The molecule has 3 heterocycles. The lowest BCUT2D eigenvalue weighted by molar-refractivity contribution is -0.130. The number of hydrogen-bond acceptors (Lipinski definition) is 8. The smallest absolute Gasteiger partial charge is 0.283 e. The number of sulfonamides is 1. The summed E-state index contributed by atoms with van der Waals surface area (Å²) in [5, 5.41) is 11.6. The van der Waals surface area contributed by atoms with Gasteiger partial charge < -0.3 is 14.9 Å². The molecule has 1 fully saturated rings. The van der Waals surface area contributed by atoms with Crippen LogP contribution in [0.2, 0.25) is 5.02 Å². The van der Waals surface area contributed by atoms with Gasteiger partial charge in [0.25, 0.3) is 15.9 Å². The van der Waals surface area contributed by atoms with Crippen LogP contribution in [0.3, 0.4) is 0 Å². The Morgan fingerprint density at radius 2 is 2.00 bits per heavy atom. The van der Waals surface area contributed by atoms with Crippen LogP contribution in [-0.4, -0.2) is 90.3 Å². The Morgan fingerprint density at radius 1 is 1.22 bits per heavy atom. The normalized spacial score (nSPS) is 20.7. The molecule has 1 aromatic carbocycles. The lowest BCUT2D eigenvalue weighted by Gasteiger charge is -2.40. The number of aliphatic hydroxyl groups excluding tert-OH is 1. The highest BCUT2D eigenvalue weighted by atomic mass is 35.5. The molecule has 37 heavy (non-hydrogen) atoms. The quantitative estimate of drug-likeness (QED) is 0.495. The minimum atomic E-state index is -3.84. The first-order valence-electron chi connectivity index (χ1n) is 11.9. The molecule has 1 N–H and O–H groups in total. The number of aryl methyl sites for hydroxylation is 1. The SMILES string of the molecule is CN(C)C(=O)CC1CN(S(=O)(=O)c2cc3ccc(Cl)cc3s2)CCN1C(=O)c1nc2c(s1)CC(O)CC2. The monoisotopic (exact) mass is 582 g/mol. The number of carbonyl (C=O) groups is 2. The zero-order chi connectivity index (χ0) is 26.5. The fourth-order valence-corrected chi connectivity index (χ4v) is 9.11. The van der Waals surface area contributed by atoms with Crippen LogP contribution in [0.1, 0.15) is 33.2 Å². The number of rotatable bonds is 5. The van der Waals surface area contributed by atoms with E-state index in [1.165, 1.54) is 20.5 Å². The van der Waals surface area contributed by atoms with Crippen molar-refractivity contribution in [1.82, 2.24) is 19.1 Å². The van der Waals surface area contributed by atoms with Crippen molar-refractivity contribution in [3.05, 3.63) is 44.9 Å². The first-order chi connectivity index (χ1) is 17.5. The number of aliphatic hydroxyl groups is 1. The Hall–Kier alpha value is -2.09. The Morgan fingerprint density at radius 3 is 2.76 bits per heavy atom. The van der Waals surface area contributed by atoms with E-state index in [1.54, 1.807) is 43.3 Å². The van der Waals surface area contributed by atoms with Gasteiger partial charge in [0.15, 0.2) is 5.01 Å². The minimum absolute atomic E-state index is 0.00339. The Balaban J connectivity index is 1.41. The van der Waals surface area contributed by atoms with Crippen LogP contribution in [-0.2, 0) is 27.7 Å². The lowest BCUT2D eigenvalue weighted by Crippen LogP contribution is -2.57. The molecule has 9 nitrogen and oxygen atoms in total. The molecule has 1 aliphatic carbocycles. The predicted octanol–water partition coefficient (Wildman–Crippen LogP) is 2.85. The van der Waals surface area contributed by atoms with Crippen molar-refractivity contribution in [2.45, 2.75) is 42.0 Å². The molecule has 3 aromatic rings. The first kappa shape index (κ1) is 26.5. The summed E-state index contributed by atoms with van der Waals surface area (Å²) in [6.07, 6.45) is 1.28. The van der Waals surface area contributed by atoms with Crippen molar-refractivity contribution in [3.63, 3.8) is 0 Å². The van der Waals surface area contributed by atoms with E-state index in [0.29, 0.717) is 29.3 Å². The summed E-state index contributed by atoms with van der Waals surface area (Å²) in [4.78, 5) is 34.7. The van der Waals surface area contributed by atoms with Gasteiger partial charge in [0.05, 0.1) is 17.8 Å².